The van der Waals surface area contributed by atoms with Gasteiger partial charge in [-0.05, 0) is 31.2 Å². The molecule has 142 valence electrons. The molecule has 7 nitrogen and oxygen atoms in total. The van der Waals surface area contributed by atoms with Gasteiger partial charge in [-0.25, -0.2) is 4.79 Å². The number of nitrogens with one attached hydrogen (secondary N) is 1. The van der Waals surface area contributed by atoms with Crippen molar-refractivity contribution < 1.29 is 14.3 Å². The van der Waals surface area contributed by atoms with Crippen molar-refractivity contribution >= 4 is 17.5 Å². The molecule has 2 aliphatic heterocycles. The van der Waals surface area contributed by atoms with Crippen molar-refractivity contribution in [3.05, 3.63) is 29.8 Å². The van der Waals surface area contributed by atoms with E-state index in [-0.39, 0.29) is 11.8 Å². The third kappa shape index (κ3) is 5.27. The number of Topliss-reactive ketones (excluding diaryl/α,β-unsaturated/α-hetero) is 1. The van der Waals surface area contributed by atoms with Gasteiger partial charge >= 0.3 is 6.03 Å². The molecule has 1 aromatic carbocycles. The predicted octanol–water partition coefficient (Wildman–Crippen LogP) is 1.37. The molecule has 3 rings (SSSR count). The van der Waals surface area contributed by atoms with Crippen molar-refractivity contribution in [1.82, 2.24) is 14.7 Å². The topological polar surface area (TPSA) is 65.1 Å². The minimum absolute atomic E-state index is 0.0241. The summed E-state index contributed by atoms with van der Waals surface area (Å²) in [6.07, 6.45) is 0. The number of carbonyl (C=O) groups excluding carboxylic acids is 2. The van der Waals surface area contributed by atoms with Crippen LogP contribution in [-0.2, 0) is 4.74 Å². The van der Waals surface area contributed by atoms with Crippen LogP contribution in [0.2, 0.25) is 0 Å². The Bertz CT molecular complexity index is 606. The summed E-state index contributed by atoms with van der Waals surface area (Å²) in [5.41, 5.74) is 1.37. The van der Waals surface area contributed by atoms with Gasteiger partial charge in [0.05, 0.1) is 13.2 Å². The van der Waals surface area contributed by atoms with Crippen LogP contribution in [0.5, 0.6) is 0 Å². The Morgan fingerprint density at radius 1 is 0.923 bits per heavy atom. The second-order valence-electron chi connectivity index (χ2n) is 6.85. The molecule has 26 heavy (non-hydrogen) atoms. The minimum atomic E-state index is -0.0756. The van der Waals surface area contributed by atoms with Crippen molar-refractivity contribution in [2.75, 3.05) is 70.9 Å². The number of carbonyl (C=O) groups is 2. The third-order valence-electron chi connectivity index (χ3n) is 5.04. The summed E-state index contributed by atoms with van der Waals surface area (Å²) in [7, 11) is 0. The number of rotatable bonds is 5. The van der Waals surface area contributed by atoms with Gasteiger partial charge in [-0.1, -0.05) is 0 Å². The molecular formula is C19H28N4O3. The Morgan fingerprint density at radius 2 is 1.50 bits per heavy atom. The number of ether oxygens (including phenoxy) is 1. The number of piperazine rings is 1. The van der Waals surface area contributed by atoms with E-state index in [4.69, 9.17) is 4.74 Å². The van der Waals surface area contributed by atoms with E-state index >= 15 is 0 Å². The number of morpholine rings is 1. The van der Waals surface area contributed by atoms with Crippen LogP contribution in [0, 0.1) is 0 Å². The number of ketones is 1. The van der Waals surface area contributed by atoms with Gasteiger partial charge in [0.15, 0.2) is 5.78 Å². The summed E-state index contributed by atoms with van der Waals surface area (Å²) in [6.45, 7) is 10.6. The third-order valence-corrected chi connectivity index (χ3v) is 5.04. The fraction of sp³-hybridized carbons (Fsp3) is 0.579. The monoisotopic (exact) mass is 360 g/mol. The fourth-order valence-corrected chi connectivity index (χ4v) is 3.27. The van der Waals surface area contributed by atoms with Crippen LogP contribution >= 0.6 is 0 Å². The molecule has 0 bridgehead atoms. The summed E-state index contributed by atoms with van der Waals surface area (Å²) in [5.74, 6) is 0.0241. The first kappa shape index (κ1) is 18.8. The molecule has 7 heteroatoms. The molecule has 2 fully saturated rings. The summed E-state index contributed by atoms with van der Waals surface area (Å²) in [6, 6.07) is 6.94. The first-order chi connectivity index (χ1) is 12.6. The first-order valence-electron chi connectivity index (χ1n) is 9.31. The lowest BCUT2D eigenvalue weighted by molar-refractivity contribution is 0.0311. The van der Waals surface area contributed by atoms with Gasteiger partial charge in [0.1, 0.15) is 0 Å². The predicted molar refractivity (Wildman–Crippen MR) is 101 cm³/mol. The molecule has 0 saturated carbocycles. The van der Waals surface area contributed by atoms with Gasteiger partial charge in [-0.3, -0.25) is 14.6 Å². The molecule has 2 aliphatic rings. The SMILES string of the molecule is CC(=O)c1ccc(NC(=O)N2CCN(CCN3CCOCC3)CC2)cc1. The van der Waals surface area contributed by atoms with E-state index < -0.39 is 0 Å². The number of hydrogen-bond acceptors (Lipinski definition) is 5. The Kier molecular flexibility index (Phi) is 6.60. The van der Waals surface area contributed by atoms with Crippen LogP contribution in [0.25, 0.3) is 0 Å². The largest absolute Gasteiger partial charge is 0.379 e. The molecule has 0 radical (unpaired) electrons. The average Bonchev–Trinajstić information content (AvgIpc) is 2.68. The zero-order valence-electron chi connectivity index (χ0n) is 15.4. The summed E-state index contributed by atoms with van der Waals surface area (Å²) >= 11 is 0. The molecule has 1 aromatic rings. The number of benzene rings is 1. The van der Waals surface area contributed by atoms with Crippen LogP contribution in [0.1, 0.15) is 17.3 Å². The summed E-state index contributed by atoms with van der Waals surface area (Å²) in [5, 5.41) is 2.91. The van der Waals surface area contributed by atoms with Gasteiger partial charge in [-0.15, -0.1) is 0 Å². The van der Waals surface area contributed by atoms with E-state index in [1.807, 2.05) is 4.90 Å². The smallest absolute Gasteiger partial charge is 0.321 e. The molecule has 0 unspecified atom stereocenters. The first-order valence-corrected chi connectivity index (χ1v) is 9.31. The van der Waals surface area contributed by atoms with E-state index in [9.17, 15) is 9.59 Å². The molecule has 2 heterocycles. The van der Waals surface area contributed by atoms with E-state index in [1.165, 1.54) is 6.92 Å². The van der Waals surface area contributed by atoms with Crippen LogP contribution in [0.4, 0.5) is 10.5 Å². The zero-order chi connectivity index (χ0) is 18.4. The van der Waals surface area contributed by atoms with E-state index in [0.29, 0.717) is 5.56 Å². The normalized spacial score (nSPS) is 19.3. The Morgan fingerprint density at radius 3 is 2.08 bits per heavy atom. The molecular weight excluding hydrogens is 332 g/mol. The van der Waals surface area contributed by atoms with Crippen molar-refractivity contribution in [3.63, 3.8) is 0 Å². The molecule has 0 spiro atoms. The van der Waals surface area contributed by atoms with E-state index in [2.05, 4.69) is 15.1 Å². The van der Waals surface area contributed by atoms with Crippen LogP contribution in [0.15, 0.2) is 24.3 Å². The zero-order valence-corrected chi connectivity index (χ0v) is 15.4. The van der Waals surface area contributed by atoms with E-state index in [1.54, 1.807) is 24.3 Å². The number of hydrogen-bond donors (Lipinski definition) is 1. The molecule has 0 aliphatic carbocycles. The Hall–Kier alpha value is -1.96. The highest BCUT2D eigenvalue weighted by Crippen LogP contribution is 2.12. The van der Waals surface area contributed by atoms with Gasteiger partial charge in [-0.2, -0.15) is 0 Å². The highest BCUT2D eigenvalue weighted by atomic mass is 16.5. The van der Waals surface area contributed by atoms with Crippen LogP contribution < -0.4 is 5.32 Å². The minimum Gasteiger partial charge on any atom is -0.379 e. The second kappa shape index (κ2) is 9.12. The summed E-state index contributed by atoms with van der Waals surface area (Å²) < 4.78 is 5.38. The molecule has 0 atom stereocenters. The maximum Gasteiger partial charge on any atom is 0.321 e. The molecule has 1 N–H and O–H groups in total. The van der Waals surface area contributed by atoms with Gasteiger partial charge < -0.3 is 15.0 Å². The van der Waals surface area contributed by atoms with Gasteiger partial charge in [0.2, 0.25) is 0 Å². The van der Waals surface area contributed by atoms with Crippen molar-refractivity contribution in [2.45, 2.75) is 6.92 Å². The lowest BCUT2D eigenvalue weighted by atomic mass is 10.1. The quantitative estimate of drug-likeness (QED) is 0.804. The lowest BCUT2D eigenvalue weighted by Gasteiger charge is -2.36. The maximum absolute atomic E-state index is 12.4. The molecule has 0 aromatic heterocycles. The van der Waals surface area contributed by atoms with Crippen molar-refractivity contribution in [2.24, 2.45) is 0 Å². The van der Waals surface area contributed by atoms with Crippen molar-refractivity contribution in [3.8, 4) is 0 Å². The maximum atomic E-state index is 12.4. The highest BCUT2D eigenvalue weighted by molar-refractivity contribution is 5.95. The van der Waals surface area contributed by atoms with Gasteiger partial charge in [0.25, 0.3) is 0 Å². The second-order valence-corrected chi connectivity index (χ2v) is 6.85. The highest BCUT2D eigenvalue weighted by Gasteiger charge is 2.21. The number of nitrogens with zero attached hydrogens (tertiary/aromatic N) is 3. The Balaban J connectivity index is 1.39. The fourth-order valence-electron chi connectivity index (χ4n) is 3.27. The number of anilines is 1. The lowest BCUT2D eigenvalue weighted by Crippen LogP contribution is -2.51. The molecule has 2 amide bonds. The van der Waals surface area contributed by atoms with Crippen LogP contribution in [0.3, 0.4) is 0 Å². The Labute approximate surface area is 154 Å². The van der Waals surface area contributed by atoms with Crippen LogP contribution in [-0.4, -0.2) is 92.1 Å². The van der Waals surface area contributed by atoms with Gasteiger partial charge in [0, 0.05) is 63.6 Å². The standard InChI is InChI=1S/C19H28N4O3/c1-16(24)17-2-4-18(5-3-17)20-19(25)23-10-8-21(9-11-23)6-7-22-12-14-26-15-13-22/h2-5H,6-15H2,1H3,(H,20,25). The number of amides is 2. The average molecular weight is 360 g/mol. The molecule has 2 saturated heterocycles. The van der Waals surface area contributed by atoms with E-state index in [0.717, 1.165) is 71.3 Å². The van der Waals surface area contributed by atoms with Crippen molar-refractivity contribution in [1.29, 1.82) is 0 Å². The number of urea groups is 1. The summed E-state index contributed by atoms with van der Waals surface area (Å²) in [4.78, 5) is 30.4.